The predicted molar refractivity (Wildman–Crippen MR) is 104 cm³/mol. The molecule has 0 unspecified atom stereocenters. The standard InChI is InChI=1S/C21H24N4O/c1-24(21(26)17-7-10-19-20(13-17)23-15-22-19)14-16-5-8-18(9-6-16)25-11-3-2-4-12-25/h5-10,13,15H,2-4,11-12,14H2,1H3,(H,22,23). The van der Waals surface area contributed by atoms with E-state index >= 15 is 0 Å². The molecule has 1 saturated heterocycles. The molecule has 0 radical (unpaired) electrons. The number of carbonyl (C=O) groups is 1. The van der Waals surface area contributed by atoms with Crippen LogP contribution in [0.15, 0.2) is 48.8 Å². The van der Waals surface area contributed by atoms with Gasteiger partial charge in [0.15, 0.2) is 0 Å². The Bertz CT molecular complexity index is 894. The van der Waals surface area contributed by atoms with Gasteiger partial charge >= 0.3 is 0 Å². The lowest BCUT2D eigenvalue weighted by Gasteiger charge is -2.29. The summed E-state index contributed by atoms with van der Waals surface area (Å²) in [5.74, 6) is 0.0154. The minimum Gasteiger partial charge on any atom is -0.372 e. The zero-order valence-corrected chi connectivity index (χ0v) is 15.1. The van der Waals surface area contributed by atoms with Crippen LogP contribution in [0.2, 0.25) is 0 Å². The molecule has 26 heavy (non-hydrogen) atoms. The van der Waals surface area contributed by atoms with E-state index in [9.17, 15) is 4.79 Å². The van der Waals surface area contributed by atoms with Gasteiger partial charge in [0.2, 0.25) is 0 Å². The van der Waals surface area contributed by atoms with Crippen molar-refractivity contribution in [3.63, 3.8) is 0 Å². The van der Waals surface area contributed by atoms with Crippen LogP contribution in [0, 0.1) is 0 Å². The number of hydrogen-bond acceptors (Lipinski definition) is 3. The average molecular weight is 348 g/mol. The molecular formula is C21H24N4O. The van der Waals surface area contributed by atoms with E-state index in [1.54, 1.807) is 11.2 Å². The predicted octanol–water partition coefficient (Wildman–Crippen LogP) is 3.83. The monoisotopic (exact) mass is 348 g/mol. The third-order valence-electron chi connectivity index (χ3n) is 5.09. The number of amides is 1. The van der Waals surface area contributed by atoms with Crippen LogP contribution in [-0.4, -0.2) is 40.9 Å². The lowest BCUT2D eigenvalue weighted by molar-refractivity contribution is 0.0785. The molecule has 5 nitrogen and oxygen atoms in total. The number of imidazole rings is 1. The number of aromatic amines is 1. The zero-order chi connectivity index (χ0) is 17.9. The van der Waals surface area contributed by atoms with Crippen molar-refractivity contribution in [1.29, 1.82) is 0 Å². The van der Waals surface area contributed by atoms with E-state index in [1.165, 1.54) is 24.9 Å². The number of H-pyrrole nitrogens is 1. The van der Waals surface area contributed by atoms with E-state index in [2.05, 4.69) is 39.1 Å². The van der Waals surface area contributed by atoms with Crippen LogP contribution >= 0.6 is 0 Å². The van der Waals surface area contributed by atoms with Crippen LogP contribution in [0.1, 0.15) is 35.2 Å². The first-order valence-corrected chi connectivity index (χ1v) is 9.23. The largest absolute Gasteiger partial charge is 0.372 e. The van der Waals surface area contributed by atoms with Gasteiger partial charge in [-0.2, -0.15) is 0 Å². The third kappa shape index (κ3) is 3.43. The van der Waals surface area contributed by atoms with Crippen molar-refractivity contribution in [3.8, 4) is 0 Å². The molecule has 0 saturated carbocycles. The summed E-state index contributed by atoms with van der Waals surface area (Å²) >= 11 is 0. The van der Waals surface area contributed by atoms with Gasteiger partial charge in [0.05, 0.1) is 17.4 Å². The zero-order valence-electron chi connectivity index (χ0n) is 15.1. The van der Waals surface area contributed by atoms with Crippen molar-refractivity contribution in [2.24, 2.45) is 0 Å². The molecule has 1 fully saturated rings. The molecule has 1 aliphatic heterocycles. The van der Waals surface area contributed by atoms with Gasteiger partial charge in [-0.15, -0.1) is 0 Å². The molecule has 3 aromatic rings. The van der Waals surface area contributed by atoms with Crippen LogP contribution in [0.4, 0.5) is 5.69 Å². The molecule has 0 spiro atoms. The minimum atomic E-state index is 0.0154. The molecule has 1 N–H and O–H groups in total. The van der Waals surface area contributed by atoms with Gasteiger partial charge in [0.25, 0.3) is 5.91 Å². The molecule has 2 aromatic carbocycles. The Balaban J connectivity index is 1.43. The number of benzene rings is 2. The van der Waals surface area contributed by atoms with Crippen LogP contribution in [0.3, 0.4) is 0 Å². The Labute approximate surface area is 153 Å². The van der Waals surface area contributed by atoms with Gasteiger partial charge < -0.3 is 14.8 Å². The van der Waals surface area contributed by atoms with Gasteiger partial charge in [-0.05, 0) is 55.2 Å². The van der Waals surface area contributed by atoms with Crippen LogP contribution < -0.4 is 4.90 Å². The molecule has 134 valence electrons. The van der Waals surface area contributed by atoms with Gasteiger partial charge in [-0.1, -0.05) is 12.1 Å². The summed E-state index contributed by atoms with van der Waals surface area (Å²) in [6, 6.07) is 14.2. The lowest BCUT2D eigenvalue weighted by atomic mass is 10.1. The molecular weight excluding hydrogens is 324 g/mol. The van der Waals surface area contributed by atoms with E-state index in [0.717, 1.165) is 29.7 Å². The van der Waals surface area contributed by atoms with E-state index in [0.29, 0.717) is 12.1 Å². The number of aromatic nitrogens is 2. The van der Waals surface area contributed by atoms with Crippen LogP contribution in [0.25, 0.3) is 11.0 Å². The smallest absolute Gasteiger partial charge is 0.253 e. The molecule has 1 amide bonds. The van der Waals surface area contributed by atoms with Crippen molar-refractivity contribution < 1.29 is 4.79 Å². The van der Waals surface area contributed by atoms with Crippen molar-refractivity contribution in [1.82, 2.24) is 14.9 Å². The second kappa shape index (κ2) is 7.20. The Morgan fingerprint density at radius 3 is 2.65 bits per heavy atom. The van der Waals surface area contributed by atoms with Gasteiger partial charge in [-0.25, -0.2) is 4.98 Å². The third-order valence-corrected chi connectivity index (χ3v) is 5.09. The maximum atomic E-state index is 12.7. The fraction of sp³-hybridized carbons (Fsp3) is 0.333. The molecule has 1 aromatic heterocycles. The summed E-state index contributed by atoms with van der Waals surface area (Å²) in [6.07, 6.45) is 5.54. The second-order valence-corrected chi connectivity index (χ2v) is 7.01. The van der Waals surface area contributed by atoms with E-state index in [4.69, 9.17) is 0 Å². The van der Waals surface area contributed by atoms with E-state index in [-0.39, 0.29) is 5.91 Å². The molecule has 0 aliphatic carbocycles. The second-order valence-electron chi connectivity index (χ2n) is 7.01. The highest BCUT2D eigenvalue weighted by atomic mass is 16.2. The normalized spacial score (nSPS) is 14.6. The summed E-state index contributed by atoms with van der Waals surface area (Å²) in [4.78, 5) is 24.2. The first-order chi connectivity index (χ1) is 12.7. The molecule has 5 heteroatoms. The summed E-state index contributed by atoms with van der Waals surface area (Å²) in [7, 11) is 1.85. The first kappa shape index (κ1) is 16.6. The van der Waals surface area contributed by atoms with Gasteiger partial charge in [-0.3, -0.25) is 4.79 Å². The first-order valence-electron chi connectivity index (χ1n) is 9.23. The Morgan fingerprint density at radius 2 is 1.88 bits per heavy atom. The molecule has 0 atom stereocenters. The number of nitrogens with zero attached hydrogens (tertiary/aromatic N) is 3. The number of nitrogens with one attached hydrogen (secondary N) is 1. The van der Waals surface area contributed by atoms with Crippen LogP contribution in [0.5, 0.6) is 0 Å². The van der Waals surface area contributed by atoms with E-state index in [1.807, 2.05) is 25.2 Å². The van der Waals surface area contributed by atoms with Gasteiger partial charge in [0.1, 0.15) is 0 Å². The SMILES string of the molecule is CN(Cc1ccc(N2CCCCC2)cc1)C(=O)c1ccc2nc[nH]c2c1. The topological polar surface area (TPSA) is 52.2 Å². The maximum Gasteiger partial charge on any atom is 0.253 e. The lowest BCUT2D eigenvalue weighted by Crippen LogP contribution is -2.29. The number of piperidine rings is 1. The van der Waals surface area contributed by atoms with Crippen molar-refractivity contribution in [2.45, 2.75) is 25.8 Å². The molecule has 0 bridgehead atoms. The van der Waals surface area contributed by atoms with Crippen molar-refractivity contribution in [2.75, 3.05) is 25.0 Å². The number of hydrogen-bond donors (Lipinski definition) is 1. The molecule has 4 rings (SSSR count). The molecule has 1 aliphatic rings. The average Bonchev–Trinajstić information content (AvgIpc) is 3.16. The van der Waals surface area contributed by atoms with Gasteiger partial charge in [0, 0.05) is 37.9 Å². The highest BCUT2D eigenvalue weighted by Gasteiger charge is 2.14. The fourth-order valence-electron chi connectivity index (χ4n) is 3.60. The number of anilines is 1. The Hall–Kier alpha value is -2.82. The summed E-state index contributed by atoms with van der Waals surface area (Å²) in [5, 5.41) is 0. The molecule has 2 heterocycles. The number of carbonyl (C=O) groups excluding carboxylic acids is 1. The summed E-state index contributed by atoms with van der Waals surface area (Å²) < 4.78 is 0. The minimum absolute atomic E-state index is 0.0154. The number of rotatable bonds is 4. The fourth-order valence-corrected chi connectivity index (χ4v) is 3.60. The summed E-state index contributed by atoms with van der Waals surface area (Å²) in [6.45, 7) is 2.89. The van der Waals surface area contributed by atoms with E-state index < -0.39 is 0 Å². The van der Waals surface area contributed by atoms with Crippen molar-refractivity contribution >= 4 is 22.6 Å². The Kier molecular flexibility index (Phi) is 4.61. The Morgan fingerprint density at radius 1 is 1.12 bits per heavy atom. The highest BCUT2D eigenvalue weighted by molar-refractivity contribution is 5.97. The highest BCUT2D eigenvalue weighted by Crippen LogP contribution is 2.21. The van der Waals surface area contributed by atoms with Crippen LogP contribution in [-0.2, 0) is 6.54 Å². The number of fused-ring (bicyclic) bond motifs is 1. The maximum absolute atomic E-state index is 12.7. The van der Waals surface area contributed by atoms with Crippen molar-refractivity contribution in [3.05, 3.63) is 59.9 Å². The quantitative estimate of drug-likeness (QED) is 0.780. The summed E-state index contributed by atoms with van der Waals surface area (Å²) in [5.41, 5.74) is 4.86.